The number of aliphatic hydroxyl groups is 1. The van der Waals surface area contributed by atoms with Gasteiger partial charge in [0.05, 0.1) is 22.6 Å². The third-order valence-electron chi connectivity index (χ3n) is 2.38. The summed E-state index contributed by atoms with van der Waals surface area (Å²) in [4.78, 5) is 12.6. The van der Waals surface area contributed by atoms with E-state index in [4.69, 9.17) is 0 Å². The van der Waals surface area contributed by atoms with Crippen molar-refractivity contribution in [1.29, 1.82) is 0 Å². The smallest absolute Gasteiger partial charge is 0.229 e. The minimum Gasteiger partial charge on any atom is -0.391 e. The predicted molar refractivity (Wildman–Crippen MR) is 62.1 cm³/mol. The van der Waals surface area contributed by atoms with Crippen LogP contribution in [0.1, 0.15) is 6.42 Å². The average Bonchev–Trinajstić information content (AvgIpc) is 2.53. The molecule has 0 aliphatic carbocycles. The Kier molecular flexibility index (Phi) is 3.11. The van der Waals surface area contributed by atoms with Crippen LogP contribution in [0.5, 0.6) is 0 Å². The van der Waals surface area contributed by atoms with Gasteiger partial charge in [-0.2, -0.15) is 0 Å². The molecule has 1 aliphatic heterocycles. The molecule has 0 bridgehead atoms. The molecule has 0 aromatic heterocycles. The number of carbonyl (C=O) groups is 1. The van der Waals surface area contributed by atoms with Gasteiger partial charge in [0, 0.05) is 5.69 Å². The first kappa shape index (κ1) is 11.7. The molecule has 1 aliphatic rings. The van der Waals surface area contributed by atoms with Gasteiger partial charge >= 0.3 is 0 Å². The van der Waals surface area contributed by atoms with E-state index >= 15 is 0 Å². The third kappa shape index (κ3) is 2.03. The number of rotatable bonds is 1. The molecule has 86 valence electrons. The van der Waals surface area contributed by atoms with E-state index in [2.05, 4.69) is 0 Å². The van der Waals surface area contributed by atoms with E-state index in [0.29, 0.717) is 0 Å². The minimum atomic E-state index is -0.766. The molecule has 0 spiro atoms. The van der Waals surface area contributed by atoms with E-state index in [1.807, 2.05) is 0 Å². The molecule has 2 rings (SSSR count). The number of halogens is 3. The SMILES string of the molecule is O=C1CC(O)CN1c1cc(F)c(I)c(F)c1. The van der Waals surface area contributed by atoms with E-state index in [9.17, 15) is 18.7 Å². The topological polar surface area (TPSA) is 40.5 Å². The third-order valence-corrected chi connectivity index (χ3v) is 3.42. The van der Waals surface area contributed by atoms with E-state index in [1.165, 1.54) is 4.90 Å². The Morgan fingerprint density at radius 2 is 1.94 bits per heavy atom. The lowest BCUT2D eigenvalue weighted by Crippen LogP contribution is -2.25. The maximum atomic E-state index is 13.3. The van der Waals surface area contributed by atoms with Crippen molar-refractivity contribution in [1.82, 2.24) is 0 Å². The first-order valence-corrected chi connectivity index (χ1v) is 5.70. The summed E-state index contributed by atoms with van der Waals surface area (Å²) in [6.45, 7) is 0.0817. The Labute approximate surface area is 104 Å². The van der Waals surface area contributed by atoms with Gasteiger partial charge in [-0.05, 0) is 34.7 Å². The van der Waals surface area contributed by atoms with Gasteiger partial charge in [-0.3, -0.25) is 4.79 Å². The van der Waals surface area contributed by atoms with Gasteiger partial charge in [0.1, 0.15) is 11.6 Å². The van der Waals surface area contributed by atoms with Crippen molar-refractivity contribution in [3.05, 3.63) is 27.3 Å². The first-order valence-electron chi connectivity index (χ1n) is 4.62. The fraction of sp³-hybridized carbons (Fsp3) is 0.300. The van der Waals surface area contributed by atoms with Gasteiger partial charge in [-0.1, -0.05) is 0 Å². The van der Waals surface area contributed by atoms with Crippen LogP contribution in [-0.2, 0) is 4.79 Å². The maximum Gasteiger partial charge on any atom is 0.229 e. The highest BCUT2D eigenvalue weighted by molar-refractivity contribution is 14.1. The summed E-state index contributed by atoms with van der Waals surface area (Å²) < 4.78 is 26.4. The van der Waals surface area contributed by atoms with Gasteiger partial charge in [-0.15, -0.1) is 0 Å². The fourth-order valence-electron chi connectivity index (χ4n) is 1.64. The normalized spacial score (nSPS) is 20.6. The summed E-state index contributed by atoms with van der Waals surface area (Å²) >= 11 is 1.56. The van der Waals surface area contributed by atoms with Gasteiger partial charge < -0.3 is 10.0 Å². The molecule has 1 aromatic carbocycles. The molecule has 0 saturated carbocycles. The molecule has 1 heterocycles. The van der Waals surface area contributed by atoms with Crippen molar-refractivity contribution in [2.24, 2.45) is 0 Å². The van der Waals surface area contributed by atoms with Crippen LogP contribution in [0.3, 0.4) is 0 Å². The monoisotopic (exact) mass is 339 g/mol. The van der Waals surface area contributed by atoms with E-state index in [0.717, 1.165) is 12.1 Å². The number of anilines is 1. The summed E-state index contributed by atoms with van der Waals surface area (Å²) in [6.07, 6.45) is -0.771. The number of nitrogens with zero attached hydrogens (tertiary/aromatic N) is 1. The lowest BCUT2D eigenvalue weighted by atomic mass is 10.3. The molecule has 1 fully saturated rings. The van der Waals surface area contributed by atoms with E-state index in [-0.39, 0.29) is 28.1 Å². The Hall–Kier alpha value is -0.760. The number of hydrogen-bond acceptors (Lipinski definition) is 2. The zero-order valence-corrected chi connectivity index (χ0v) is 10.2. The van der Waals surface area contributed by atoms with Crippen LogP contribution in [0.25, 0.3) is 0 Å². The summed E-state index contributed by atoms with van der Waals surface area (Å²) in [6, 6.07) is 2.20. The molecule has 6 heteroatoms. The number of benzene rings is 1. The first-order chi connectivity index (χ1) is 7.49. The van der Waals surface area contributed by atoms with Crippen LogP contribution in [0.2, 0.25) is 0 Å². The van der Waals surface area contributed by atoms with Gasteiger partial charge in [0.2, 0.25) is 5.91 Å². The second-order valence-electron chi connectivity index (χ2n) is 3.59. The lowest BCUT2D eigenvalue weighted by Gasteiger charge is -2.16. The van der Waals surface area contributed by atoms with Crippen molar-refractivity contribution in [3.8, 4) is 0 Å². The molecule has 1 aromatic rings. The average molecular weight is 339 g/mol. The van der Waals surface area contributed by atoms with Crippen LogP contribution < -0.4 is 4.90 Å². The number of hydrogen-bond donors (Lipinski definition) is 1. The maximum absolute atomic E-state index is 13.3. The highest BCUT2D eigenvalue weighted by Gasteiger charge is 2.29. The largest absolute Gasteiger partial charge is 0.391 e. The zero-order chi connectivity index (χ0) is 11.9. The van der Waals surface area contributed by atoms with Crippen molar-refractivity contribution in [2.45, 2.75) is 12.5 Å². The number of amides is 1. The molecular weight excluding hydrogens is 331 g/mol. The van der Waals surface area contributed by atoms with Crippen molar-refractivity contribution in [2.75, 3.05) is 11.4 Å². The zero-order valence-electron chi connectivity index (χ0n) is 8.08. The summed E-state index contributed by atoms with van der Waals surface area (Å²) in [5.74, 6) is -1.73. The van der Waals surface area contributed by atoms with E-state index in [1.54, 1.807) is 22.6 Å². The predicted octanol–water partition coefficient (Wildman–Crippen LogP) is 1.67. The summed E-state index contributed by atoms with van der Waals surface area (Å²) in [5.41, 5.74) is 0.150. The van der Waals surface area contributed by atoms with Crippen molar-refractivity contribution < 1.29 is 18.7 Å². The number of carbonyl (C=O) groups excluding carboxylic acids is 1. The molecule has 1 N–H and O–H groups in total. The van der Waals surface area contributed by atoms with E-state index < -0.39 is 17.7 Å². The molecule has 3 nitrogen and oxygen atoms in total. The molecule has 0 radical (unpaired) electrons. The molecule has 1 atom stereocenters. The second kappa shape index (κ2) is 4.25. The second-order valence-corrected chi connectivity index (χ2v) is 4.66. The van der Waals surface area contributed by atoms with Crippen LogP contribution >= 0.6 is 22.6 Å². The van der Waals surface area contributed by atoms with Gasteiger partial charge in [-0.25, -0.2) is 8.78 Å². The molecule has 1 saturated heterocycles. The quantitative estimate of drug-likeness (QED) is 0.625. The van der Waals surface area contributed by atoms with Gasteiger partial charge in [0.25, 0.3) is 0 Å². The van der Waals surface area contributed by atoms with Crippen LogP contribution in [0.15, 0.2) is 12.1 Å². The molecule has 1 amide bonds. The lowest BCUT2D eigenvalue weighted by molar-refractivity contribution is -0.117. The van der Waals surface area contributed by atoms with Crippen LogP contribution in [0, 0.1) is 15.2 Å². The summed E-state index contributed by atoms with van der Waals surface area (Å²) in [7, 11) is 0. The highest BCUT2D eigenvalue weighted by atomic mass is 127. The highest BCUT2D eigenvalue weighted by Crippen LogP contribution is 2.26. The van der Waals surface area contributed by atoms with Gasteiger partial charge in [0.15, 0.2) is 0 Å². The molecule has 16 heavy (non-hydrogen) atoms. The molecule has 1 unspecified atom stereocenters. The Bertz CT molecular complexity index is 429. The Morgan fingerprint density at radius 1 is 1.38 bits per heavy atom. The minimum absolute atomic E-state index is 0.00474. The molecular formula is C10H8F2INO2. The van der Waals surface area contributed by atoms with Crippen LogP contribution in [0.4, 0.5) is 14.5 Å². The summed E-state index contributed by atoms with van der Waals surface area (Å²) in [5, 5.41) is 9.27. The van der Waals surface area contributed by atoms with Crippen molar-refractivity contribution >= 4 is 34.2 Å². The Morgan fingerprint density at radius 3 is 2.38 bits per heavy atom. The van der Waals surface area contributed by atoms with Crippen LogP contribution in [-0.4, -0.2) is 23.7 Å². The number of aliphatic hydroxyl groups excluding tert-OH is 1. The van der Waals surface area contributed by atoms with Crippen molar-refractivity contribution in [3.63, 3.8) is 0 Å². The fourth-order valence-corrected chi connectivity index (χ4v) is 1.95. The Balaban J connectivity index is 2.38. The standard InChI is InChI=1S/C10H8F2INO2/c11-7-1-5(2-8(12)10(7)13)14-4-6(15)3-9(14)16/h1-2,6,15H,3-4H2. The number of β-amino-alcohol motifs (C(OH)–C–C–N with tert-alkyl or cyclic N) is 1.